The van der Waals surface area contributed by atoms with E-state index in [1.54, 1.807) is 0 Å². The lowest BCUT2D eigenvalue weighted by atomic mass is 10.5. The molecule has 0 amide bonds. The molecular formula is C5H4BrN2. The third-order valence-corrected chi connectivity index (χ3v) is 1.54. The van der Waals surface area contributed by atoms with Crippen LogP contribution in [0.2, 0.25) is 0 Å². The summed E-state index contributed by atoms with van der Waals surface area (Å²) in [4.78, 5) is 7.55. The van der Waals surface area contributed by atoms with E-state index in [4.69, 9.17) is 0 Å². The van der Waals surface area contributed by atoms with Gasteiger partial charge in [-0.25, -0.2) is 9.97 Å². The molecule has 0 spiro atoms. The average molecular weight is 172 g/mol. The number of rotatable bonds is 0. The second-order valence-electron chi connectivity index (χ2n) is 1.38. The highest BCUT2D eigenvalue weighted by atomic mass is 79.9. The van der Waals surface area contributed by atoms with E-state index in [0.29, 0.717) is 0 Å². The second kappa shape index (κ2) is 2.22. The van der Waals surface area contributed by atoms with E-state index in [0.717, 1.165) is 10.2 Å². The van der Waals surface area contributed by atoms with Gasteiger partial charge in [0.25, 0.3) is 0 Å². The van der Waals surface area contributed by atoms with Gasteiger partial charge in [-0.2, -0.15) is 0 Å². The molecule has 2 nitrogen and oxygen atoms in total. The molecule has 0 fully saturated rings. The third kappa shape index (κ3) is 1.04. The van der Waals surface area contributed by atoms with Gasteiger partial charge in [-0.3, -0.25) is 0 Å². The number of hydrogen-bond donors (Lipinski definition) is 0. The van der Waals surface area contributed by atoms with Gasteiger partial charge in [-0.1, -0.05) is 0 Å². The Morgan fingerprint density at radius 3 is 2.88 bits per heavy atom. The monoisotopic (exact) mass is 171 g/mol. The lowest BCUT2D eigenvalue weighted by Gasteiger charge is -1.88. The molecule has 8 heavy (non-hydrogen) atoms. The lowest BCUT2D eigenvalue weighted by molar-refractivity contribution is 1.08. The zero-order chi connectivity index (χ0) is 5.98. The van der Waals surface area contributed by atoms with Gasteiger partial charge in [-0.05, 0) is 22.9 Å². The maximum absolute atomic E-state index is 3.89. The molecule has 0 bridgehead atoms. The van der Waals surface area contributed by atoms with Crippen molar-refractivity contribution in [2.75, 3.05) is 0 Å². The molecule has 3 heteroatoms. The molecule has 0 aliphatic rings. The van der Waals surface area contributed by atoms with Gasteiger partial charge in [0.1, 0.15) is 12.5 Å². The topological polar surface area (TPSA) is 25.8 Å². The van der Waals surface area contributed by atoms with Crippen LogP contribution in [-0.2, 0) is 0 Å². The van der Waals surface area contributed by atoms with E-state index >= 15 is 0 Å². The van der Waals surface area contributed by atoms with Crippen molar-refractivity contribution in [2.24, 2.45) is 0 Å². The minimum absolute atomic E-state index is 0.833. The smallest absolute Gasteiger partial charge is 0.116 e. The number of halogens is 1. The summed E-state index contributed by atoms with van der Waals surface area (Å²) in [6, 6.07) is 0. The largest absolute Gasteiger partial charge is 0.240 e. The molecule has 1 radical (unpaired) electrons. The van der Waals surface area contributed by atoms with Crippen molar-refractivity contribution < 1.29 is 0 Å². The summed E-state index contributed by atoms with van der Waals surface area (Å²) in [6.07, 6.45) is 4.18. The van der Waals surface area contributed by atoms with E-state index in [1.165, 1.54) is 6.33 Å². The SMILES string of the molecule is Cc1ncn[c]c1Br. The maximum atomic E-state index is 3.89. The zero-order valence-electron chi connectivity index (χ0n) is 4.35. The van der Waals surface area contributed by atoms with Crippen molar-refractivity contribution >= 4 is 15.9 Å². The normalized spacial score (nSPS) is 9.25. The van der Waals surface area contributed by atoms with Crippen molar-refractivity contribution in [1.29, 1.82) is 0 Å². The summed E-state index contributed by atoms with van der Waals surface area (Å²) in [5.74, 6) is 0. The molecule has 0 aromatic carbocycles. The first-order valence-electron chi connectivity index (χ1n) is 2.15. The minimum atomic E-state index is 0.833. The minimum Gasteiger partial charge on any atom is -0.240 e. The summed E-state index contributed by atoms with van der Waals surface area (Å²) in [7, 11) is 0. The van der Waals surface area contributed by atoms with Gasteiger partial charge in [0.15, 0.2) is 0 Å². The molecule has 0 aliphatic heterocycles. The predicted molar refractivity (Wildman–Crippen MR) is 33.3 cm³/mol. The Bertz CT molecular complexity index is 167. The number of aromatic nitrogens is 2. The van der Waals surface area contributed by atoms with Gasteiger partial charge in [-0.15, -0.1) is 0 Å². The highest BCUT2D eigenvalue weighted by Crippen LogP contribution is 2.07. The Balaban J connectivity index is 3.13. The maximum Gasteiger partial charge on any atom is 0.116 e. The Labute approximate surface area is 56.1 Å². The third-order valence-electron chi connectivity index (χ3n) is 0.789. The molecule has 1 aromatic rings. The van der Waals surface area contributed by atoms with E-state index < -0.39 is 0 Å². The van der Waals surface area contributed by atoms with Crippen LogP contribution in [0.15, 0.2) is 10.8 Å². The zero-order valence-corrected chi connectivity index (χ0v) is 5.94. The van der Waals surface area contributed by atoms with E-state index in [2.05, 4.69) is 32.1 Å². The van der Waals surface area contributed by atoms with Crippen LogP contribution in [0.1, 0.15) is 5.69 Å². The van der Waals surface area contributed by atoms with Crippen LogP contribution in [0.3, 0.4) is 0 Å². The fraction of sp³-hybridized carbons (Fsp3) is 0.200. The second-order valence-corrected chi connectivity index (χ2v) is 2.18. The molecule has 1 aromatic heterocycles. The van der Waals surface area contributed by atoms with Crippen LogP contribution in [0, 0.1) is 13.1 Å². The summed E-state index contributed by atoms with van der Waals surface area (Å²) in [6.45, 7) is 1.89. The van der Waals surface area contributed by atoms with Crippen molar-refractivity contribution in [2.45, 2.75) is 6.92 Å². The van der Waals surface area contributed by atoms with Crippen LogP contribution in [-0.4, -0.2) is 9.97 Å². The standard InChI is InChI=1S/C5H4BrN2/c1-4-5(6)2-7-3-8-4/h3H,1H3. The molecule has 0 saturated carbocycles. The molecule has 0 N–H and O–H groups in total. The lowest BCUT2D eigenvalue weighted by Crippen LogP contribution is -1.82. The Morgan fingerprint density at radius 2 is 2.50 bits per heavy atom. The first-order valence-corrected chi connectivity index (χ1v) is 2.95. The first-order chi connectivity index (χ1) is 3.80. The van der Waals surface area contributed by atoms with Crippen molar-refractivity contribution in [3.05, 3.63) is 22.7 Å². The molecule has 1 rings (SSSR count). The Kier molecular flexibility index (Phi) is 1.58. The average Bonchev–Trinajstić information content (AvgIpc) is 1.77. The first kappa shape index (κ1) is 5.69. The van der Waals surface area contributed by atoms with Gasteiger partial charge in [0.05, 0.1) is 10.2 Å². The van der Waals surface area contributed by atoms with Gasteiger partial charge >= 0.3 is 0 Å². The van der Waals surface area contributed by atoms with Crippen LogP contribution >= 0.6 is 15.9 Å². The molecule has 41 valence electrons. The van der Waals surface area contributed by atoms with Crippen molar-refractivity contribution in [3.63, 3.8) is 0 Å². The Hall–Kier alpha value is -0.440. The molecular weight excluding hydrogens is 168 g/mol. The molecule has 0 aliphatic carbocycles. The van der Waals surface area contributed by atoms with Crippen LogP contribution < -0.4 is 0 Å². The summed E-state index contributed by atoms with van der Waals surface area (Å²) < 4.78 is 0.833. The summed E-state index contributed by atoms with van der Waals surface area (Å²) in [5.41, 5.74) is 0.917. The highest BCUT2D eigenvalue weighted by molar-refractivity contribution is 9.10. The predicted octanol–water partition coefficient (Wildman–Crippen LogP) is 1.35. The summed E-state index contributed by atoms with van der Waals surface area (Å²) in [5, 5.41) is 0. The van der Waals surface area contributed by atoms with Crippen LogP contribution in [0.5, 0.6) is 0 Å². The van der Waals surface area contributed by atoms with Gasteiger partial charge in [0.2, 0.25) is 0 Å². The highest BCUT2D eigenvalue weighted by Gasteiger charge is 1.90. The summed E-state index contributed by atoms with van der Waals surface area (Å²) >= 11 is 3.21. The fourth-order valence-corrected chi connectivity index (χ4v) is 0.543. The number of aryl methyl sites for hydroxylation is 1. The fourth-order valence-electron chi connectivity index (χ4n) is 0.339. The molecule has 1 heterocycles. The van der Waals surface area contributed by atoms with Crippen molar-refractivity contribution in [1.82, 2.24) is 9.97 Å². The van der Waals surface area contributed by atoms with Crippen molar-refractivity contribution in [3.8, 4) is 0 Å². The van der Waals surface area contributed by atoms with Gasteiger partial charge < -0.3 is 0 Å². The van der Waals surface area contributed by atoms with E-state index in [1.807, 2.05) is 6.92 Å². The van der Waals surface area contributed by atoms with E-state index in [9.17, 15) is 0 Å². The number of nitrogens with zero attached hydrogens (tertiary/aromatic N) is 2. The molecule has 0 atom stereocenters. The molecule has 0 saturated heterocycles. The van der Waals surface area contributed by atoms with Crippen LogP contribution in [0.25, 0.3) is 0 Å². The quantitative estimate of drug-likeness (QED) is 0.590. The van der Waals surface area contributed by atoms with Gasteiger partial charge in [0, 0.05) is 0 Å². The number of hydrogen-bond acceptors (Lipinski definition) is 2. The molecule has 0 unspecified atom stereocenters. The van der Waals surface area contributed by atoms with Crippen LogP contribution in [0.4, 0.5) is 0 Å². The Morgan fingerprint density at radius 1 is 1.75 bits per heavy atom. The van der Waals surface area contributed by atoms with E-state index in [-0.39, 0.29) is 0 Å².